The smallest absolute Gasteiger partial charge is 0.359 e. The van der Waals surface area contributed by atoms with Crippen molar-refractivity contribution in [1.82, 2.24) is 15.3 Å². The number of aromatic nitrogens is 2. The molecule has 0 aliphatic carbocycles. The summed E-state index contributed by atoms with van der Waals surface area (Å²) in [7, 11) is 0. The van der Waals surface area contributed by atoms with Crippen LogP contribution in [0.1, 0.15) is 41.6 Å². The number of esters is 1. The maximum atomic E-state index is 12.2. The lowest BCUT2D eigenvalue weighted by molar-refractivity contribution is -0.129. The van der Waals surface area contributed by atoms with Crippen molar-refractivity contribution in [2.75, 3.05) is 0 Å². The summed E-state index contributed by atoms with van der Waals surface area (Å²) in [6.45, 7) is 5.00. The minimum atomic E-state index is -0.996. The number of hydrogen-bond acceptors (Lipinski definition) is 5. The van der Waals surface area contributed by atoms with Gasteiger partial charge in [-0.3, -0.25) is 9.78 Å². The molecule has 0 unspecified atom stereocenters. The van der Waals surface area contributed by atoms with Crippen LogP contribution in [0.15, 0.2) is 30.6 Å². The van der Waals surface area contributed by atoms with E-state index in [-0.39, 0.29) is 11.7 Å². The average Bonchev–Trinajstić information content (AvgIpc) is 2.55. The first-order valence-electron chi connectivity index (χ1n) is 7.53. The van der Waals surface area contributed by atoms with Crippen LogP contribution in [0.25, 0.3) is 0 Å². The lowest BCUT2D eigenvalue weighted by Gasteiger charge is -2.19. The first-order chi connectivity index (χ1) is 11.8. The molecule has 0 bridgehead atoms. The van der Waals surface area contributed by atoms with Crippen LogP contribution < -0.4 is 5.32 Å². The van der Waals surface area contributed by atoms with Crippen LogP contribution in [0.3, 0.4) is 0 Å². The second-order valence-corrected chi connectivity index (χ2v) is 6.33. The van der Waals surface area contributed by atoms with Gasteiger partial charge in [0.15, 0.2) is 11.8 Å². The Labute approximate surface area is 155 Å². The fourth-order valence-corrected chi connectivity index (χ4v) is 2.61. The maximum absolute atomic E-state index is 12.2. The van der Waals surface area contributed by atoms with Crippen LogP contribution in [0.5, 0.6) is 0 Å². The molecule has 1 aromatic heterocycles. The first kappa shape index (κ1) is 19.1. The quantitative estimate of drug-likeness (QED) is 0.801. The van der Waals surface area contributed by atoms with E-state index >= 15 is 0 Å². The molecule has 0 radical (unpaired) electrons. The van der Waals surface area contributed by atoms with Gasteiger partial charge in [-0.1, -0.05) is 29.3 Å². The Morgan fingerprint density at radius 1 is 1.16 bits per heavy atom. The number of nitrogens with one attached hydrogen (secondary N) is 1. The minimum Gasteiger partial charge on any atom is -0.448 e. The number of carbonyl (C=O) groups is 2. The predicted molar refractivity (Wildman–Crippen MR) is 94.7 cm³/mol. The van der Waals surface area contributed by atoms with Crippen molar-refractivity contribution < 1.29 is 14.3 Å². The van der Waals surface area contributed by atoms with Gasteiger partial charge in [-0.2, -0.15) is 0 Å². The summed E-state index contributed by atoms with van der Waals surface area (Å²) in [5.41, 5.74) is 1.43. The maximum Gasteiger partial charge on any atom is 0.359 e. The highest BCUT2D eigenvalue weighted by atomic mass is 35.5. The Morgan fingerprint density at radius 3 is 2.48 bits per heavy atom. The molecule has 0 aliphatic heterocycles. The molecule has 2 rings (SSSR count). The molecule has 2 aromatic rings. The summed E-state index contributed by atoms with van der Waals surface area (Å²) in [6, 6.07) is 4.64. The molecule has 0 spiro atoms. The van der Waals surface area contributed by atoms with E-state index in [1.54, 1.807) is 32.0 Å². The zero-order valence-corrected chi connectivity index (χ0v) is 15.4. The van der Waals surface area contributed by atoms with Crippen LogP contribution in [0.4, 0.5) is 0 Å². The van der Waals surface area contributed by atoms with Gasteiger partial charge in [-0.25, -0.2) is 9.78 Å². The van der Waals surface area contributed by atoms with E-state index in [4.69, 9.17) is 27.9 Å². The van der Waals surface area contributed by atoms with E-state index < -0.39 is 18.0 Å². The third-order valence-corrected chi connectivity index (χ3v) is 3.99. The monoisotopic (exact) mass is 381 g/mol. The predicted octanol–water partition coefficient (Wildman–Crippen LogP) is 3.51. The molecule has 1 aromatic carbocycles. The fourth-order valence-electron chi connectivity index (χ4n) is 2.03. The Kier molecular flexibility index (Phi) is 6.33. The number of rotatable bonds is 5. The molecule has 0 fully saturated rings. The van der Waals surface area contributed by atoms with Crippen molar-refractivity contribution in [3.05, 3.63) is 57.6 Å². The number of halogens is 2. The van der Waals surface area contributed by atoms with Gasteiger partial charge in [0.2, 0.25) is 0 Å². The molecule has 6 nitrogen and oxygen atoms in total. The van der Waals surface area contributed by atoms with Gasteiger partial charge >= 0.3 is 5.97 Å². The number of amides is 1. The van der Waals surface area contributed by atoms with E-state index in [9.17, 15) is 9.59 Å². The van der Waals surface area contributed by atoms with Gasteiger partial charge < -0.3 is 10.1 Å². The Morgan fingerprint density at radius 2 is 1.88 bits per heavy atom. The van der Waals surface area contributed by atoms with Crippen LogP contribution in [0.2, 0.25) is 10.0 Å². The summed E-state index contributed by atoms with van der Waals surface area (Å²) < 4.78 is 5.12. The van der Waals surface area contributed by atoms with Crippen molar-refractivity contribution in [2.45, 2.75) is 32.9 Å². The molecule has 1 N–H and O–H groups in total. The average molecular weight is 382 g/mol. The third-order valence-electron chi connectivity index (χ3n) is 3.43. The van der Waals surface area contributed by atoms with E-state index in [2.05, 4.69) is 15.3 Å². The Bertz CT molecular complexity index is 781. The zero-order valence-electron chi connectivity index (χ0n) is 13.9. The van der Waals surface area contributed by atoms with Crippen LogP contribution in [-0.4, -0.2) is 27.9 Å². The number of ether oxygens (including phenoxy) is 1. The summed E-state index contributed by atoms with van der Waals surface area (Å²) >= 11 is 12.0. The summed E-state index contributed by atoms with van der Waals surface area (Å²) in [5, 5.41) is 3.69. The number of benzene rings is 1. The molecule has 0 aliphatic rings. The van der Waals surface area contributed by atoms with Gasteiger partial charge in [0.1, 0.15) is 0 Å². The second-order valence-electron chi connectivity index (χ2n) is 5.49. The van der Waals surface area contributed by atoms with E-state index in [1.807, 2.05) is 0 Å². The van der Waals surface area contributed by atoms with Crippen LogP contribution in [0, 0.1) is 6.92 Å². The number of hydrogen-bond donors (Lipinski definition) is 1. The molecular formula is C17H17Cl2N3O3. The van der Waals surface area contributed by atoms with E-state index in [0.29, 0.717) is 21.3 Å². The standard InChI is InChI=1S/C17H17Cl2N3O3/c1-9-7-21-15(8-20-9)17(24)25-11(3)16(23)22-10(2)13-5-4-12(18)6-14(13)19/h4-8,10-11H,1-3H3,(H,22,23)/t10-,11-/m1/s1. The molecule has 8 heteroatoms. The molecule has 2 atom stereocenters. The zero-order chi connectivity index (χ0) is 18.6. The lowest BCUT2D eigenvalue weighted by Crippen LogP contribution is -2.37. The number of nitrogens with zero attached hydrogens (tertiary/aromatic N) is 2. The fraction of sp³-hybridized carbons (Fsp3) is 0.294. The minimum absolute atomic E-state index is 0.0408. The summed E-state index contributed by atoms with van der Waals surface area (Å²) in [4.78, 5) is 32.1. The highest BCUT2D eigenvalue weighted by Gasteiger charge is 2.22. The molecule has 0 saturated heterocycles. The number of carbonyl (C=O) groups excluding carboxylic acids is 2. The van der Waals surface area contributed by atoms with Crippen molar-refractivity contribution in [1.29, 1.82) is 0 Å². The Balaban J connectivity index is 1.97. The number of aryl methyl sites for hydroxylation is 1. The third kappa shape index (κ3) is 5.14. The SMILES string of the molecule is Cc1cnc(C(=O)O[C@H](C)C(=O)N[C@H](C)c2ccc(Cl)cc2Cl)cn1. The van der Waals surface area contributed by atoms with Crippen molar-refractivity contribution in [2.24, 2.45) is 0 Å². The van der Waals surface area contributed by atoms with Gasteiger partial charge in [0.05, 0.1) is 17.9 Å². The van der Waals surface area contributed by atoms with Gasteiger partial charge in [0.25, 0.3) is 5.91 Å². The second kappa shape index (κ2) is 8.27. The van der Waals surface area contributed by atoms with Gasteiger partial charge in [0, 0.05) is 16.2 Å². The molecular weight excluding hydrogens is 365 g/mol. The molecule has 25 heavy (non-hydrogen) atoms. The molecule has 0 saturated carbocycles. The van der Waals surface area contributed by atoms with E-state index in [0.717, 1.165) is 0 Å². The van der Waals surface area contributed by atoms with Crippen LogP contribution in [-0.2, 0) is 9.53 Å². The molecule has 1 heterocycles. The van der Waals surface area contributed by atoms with Crippen molar-refractivity contribution in [3.63, 3.8) is 0 Å². The highest BCUT2D eigenvalue weighted by molar-refractivity contribution is 6.35. The summed E-state index contributed by atoms with van der Waals surface area (Å²) in [5.74, 6) is -1.17. The normalized spacial score (nSPS) is 13.0. The lowest BCUT2D eigenvalue weighted by atomic mass is 10.1. The largest absolute Gasteiger partial charge is 0.448 e. The van der Waals surface area contributed by atoms with Crippen molar-refractivity contribution >= 4 is 35.1 Å². The van der Waals surface area contributed by atoms with Gasteiger partial charge in [-0.05, 0) is 38.5 Å². The molecule has 132 valence electrons. The van der Waals surface area contributed by atoms with E-state index in [1.165, 1.54) is 19.3 Å². The van der Waals surface area contributed by atoms with Crippen LogP contribution >= 0.6 is 23.2 Å². The highest BCUT2D eigenvalue weighted by Crippen LogP contribution is 2.26. The topological polar surface area (TPSA) is 81.2 Å². The Hall–Kier alpha value is -2.18. The summed E-state index contributed by atoms with van der Waals surface area (Å²) in [6.07, 6.45) is 1.76. The van der Waals surface area contributed by atoms with Crippen molar-refractivity contribution in [3.8, 4) is 0 Å². The van der Waals surface area contributed by atoms with Gasteiger partial charge in [-0.15, -0.1) is 0 Å². The first-order valence-corrected chi connectivity index (χ1v) is 8.28. The molecule has 1 amide bonds.